The average molecular weight is 280 g/mol. The maximum Gasteiger partial charge on any atom is 0.224 e. The van der Waals surface area contributed by atoms with Crippen LogP contribution in [0.3, 0.4) is 0 Å². The third kappa shape index (κ3) is 6.75. The van der Waals surface area contributed by atoms with Gasteiger partial charge in [0.05, 0.1) is 19.1 Å². The Morgan fingerprint density at radius 3 is 2.50 bits per heavy atom. The van der Waals surface area contributed by atoms with Crippen LogP contribution in [-0.4, -0.2) is 29.6 Å². The number of anilines is 1. The van der Waals surface area contributed by atoms with Gasteiger partial charge in [0, 0.05) is 12.1 Å². The Bertz CT molecular complexity index is 443. The predicted molar refractivity (Wildman–Crippen MR) is 75.3 cm³/mol. The SMILES string of the molecule is CC(O)CCC(=O)Nc1ccc(OCCC(N)=O)cc1. The lowest BCUT2D eigenvalue weighted by atomic mass is 10.2. The quantitative estimate of drug-likeness (QED) is 0.662. The van der Waals surface area contributed by atoms with Crippen LogP contribution in [0, 0.1) is 0 Å². The topological polar surface area (TPSA) is 102 Å². The normalized spacial score (nSPS) is 11.7. The Morgan fingerprint density at radius 2 is 1.95 bits per heavy atom. The summed E-state index contributed by atoms with van der Waals surface area (Å²) in [4.78, 5) is 22.1. The van der Waals surface area contributed by atoms with Crippen molar-refractivity contribution in [1.29, 1.82) is 0 Å². The van der Waals surface area contributed by atoms with Gasteiger partial charge >= 0.3 is 0 Å². The number of hydrogen-bond donors (Lipinski definition) is 3. The van der Waals surface area contributed by atoms with Crippen molar-refractivity contribution in [3.8, 4) is 5.75 Å². The molecule has 6 heteroatoms. The number of aliphatic hydroxyl groups is 1. The molecular formula is C14H20N2O4. The maximum absolute atomic E-state index is 11.5. The summed E-state index contributed by atoms with van der Waals surface area (Å²) in [7, 11) is 0. The van der Waals surface area contributed by atoms with Crippen LogP contribution in [0.25, 0.3) is 0 Å². The molecule has 0 spiro atoms. The van der Waals surface area contributed by atoms with E-state index in [1.807, 2.05) is 0 Å². The predicted octanol–water partition coefficient (Wildman–Crippen LogP) is 1.04. The van der Waals surface area contributed by atoms with Gasteiger partial charge in [-0.3, -0.25) is 9.59 Å². The van der Waals surface area contributed by atoms with Gasteiger partial charge in [-0.15, -0.1) is 0 Å². The molecule has 1 unspecified atom stereocenters. The van der Waals surface area contributed by atoms with E-state index in [0.717, 1.165) is 0 Å². The van der Waals surface area contributed by atoms with E-state index in [9.17, 15) is 9.59 Å². The number of nitrogens with one attached hydrogen (secondary N) is 1. The number of rotatable bonds is 8. The third-order valence-corrected chi connectivity index (χ3v) is 2.54. The summed E-state index contributed by atoms with van der Waals surface area (Å²) in [6.45, 7) is 1.88. The van der Waals surface area contributed by atoms with Crippen LogP contribution in [0.15, 0.2) is 24.3 Å². The van der Waals surface area contributed by atoms with Crippen LogP contribution in [0.4, 0.5) is 5.69 Å². The number of primary amides is 1. The van der Waals surface area contributed by atoms with E-state index in [4.69, 9.17) is 15.6 Å². The van der Waals surface area contributed by atoms with E-state index < -0.39 is 12.0 Å². The molecule has 0 heterocycles. The number of carbonyl (C=O) groups is 2. The van der Waals surface area contributed by atoms with Gasteiger partial charge in [0.15, 0.2) is 0 Å². The summed E-state index contributed by atoms with van der Waals surface area (Å²) in [5.41, 5.74) is 5.66. The fourth-order valence-corrected chi connectivity index (χ4v) is 1.47. The lowest BCUT2D eigenvalue weighted by molar-refractivity contribution is -0.118. The second-order valence-corrected chi connectivity index (χ2v) is 4.53. The Balaban J connectivity index is 2.38. The number of ether oxygens (including phenoxy) is 1. The van der Waals surface area contributed by atoms with Gasteiger partial charge in [-0.2, -0.15) is 0 Å². The second kappa shape index (κ2) is 8.16. The van der Waals surface area contributed by atoms with Crippen molar-refractivity contribution in [1.82, 2.24) is 0 Å². The van der Waals surface area contributed by atoms with Crippen molar-refractivity contribution in [3.63, 3.8) is 0 Å². The Kier molecular flexibility index (Phi) is 6.52. The van der Waals surface area contributed by atoms with Crippen LogP contribution >= 0.6 is 0 Å². The number of hydrogen-bond acceptors (Lipinski definition) is 4. The fraction of sp³-hybridized carbons (Fsp3) is 0.429. The van der Waals surface area contributed by atoms with Gasteiger partial charge in [0.1, 0.15) is 5.75 Å². The van der Waals surface area contributed by atoms with Crippen molar-refractivity contribution < 1.29 is 19.4 Å². The molecular weight excluding hydrogens is 260 g/mol. The summed E-state index contributed by atoms with van der Waals surface area (Å²) in [6, 6.07) is 6.82. The lowest BCUT2D eigenvalue weighted by Crippen LogP contribution is -2.15. The van der Waals surface area contributed by atoms with E-state index in [0.29, 0.717) is 17.9 Å². The maximum atomic E-state index is 11.5. The first-order valence-corrected chi connectivity index (χ1v) is 6.46. The van der Waals surface area contributed by atoms with Crippen molar-refractivity contribution in [2.24, 2.45) is 5.73 Å². The second-order valence-electron chi connectivity index (χ2n) is 4.53. The number of benzene rings is 1. The van der Waals surface area contributed by atoms with Gasteiger partial charge in [-0.05, 0) is 37.6 Å². The number of amides is 2. The van der Waals surface area contributed by atoms with E-state index in [2.05, 4.69) is 5.32 Å². The molecule has 1 aromatic rings. The van der Waals surface area contributed by atoms with Crippen LogP contribution in [0.2, 0.25) is 0 Å². The Hall–Kier alpha value is -2.08. The molecule has 1 atom stereocenters. The summed E-state index contributed by atoms with van der Waals surface area (Å²) in [5.74, 6) is 0.0496. The van der Waals surface area contributed by atoms with Gasteiger partial charge < -0.3 is 20.9 Å². The minimum atomic E-state index is -0.484. The zero-order valence-electron chi connectivity index (χ0n) is 11.5. The molecule has 0 bridgehead atoms. The molecule has 20 heavy (non-hydrogen) atoms. The third-order valence-electron chi connectivity index (χ3n) is 2.54. The number of aliphatic hydroxyl groups excluding tert-OH is 1. The van der Waals surface area contributed by atoms with E-state index in [1.165, 1.54) is 0 Å². The molecule has 2 amide bonds. The van der Waals surface area contributed by atoms with E-state index in [1.54, 1.807) is 31.2 Å². The van der Waals surface area contributed by atoms with Crippen LogP contribution in [-0.2, 0) is 9.59 Å². The molecule has 0 radical (unpaired) electrons. The first kappa shape index (κ1) is 16.0. The largest absolute Gasteiger partial charge is 0.493 e. The van der Waals surface area contributed by atoms with Crippen LogP contribution in [0.5, 0.6) is 5.75 Å². The Morgan fingerprint density at radius 1 is 1.30 bits per heavy atom. The molecule has 0 aliphatic heterocycles. The molecule has 0 aliphatic carbocycles. The summed E-state index contributed by atoms with van der Waals surface area (Å²) in [5, 5.41) is 11.8. The molecule has 6 nitrogen and oxygen atoms in total. The molecule has 1 aromatic carbocycles. The van der Waals surface area contributed by atoms with Crippen molar-refractivity contribution in [2.75, 3.05) is 11.9 Å². The highest BCUT2D eigenvalue weighted by Crippen LogP contribution is 2.16. The van der Waals surface area contributed by atoms with Gasteiger partial charge in [-0.1, -0.05) is 0 Å². The lowest BCUT2D eigenvalue weighted by Gasteiger charge is -2.08. The van der Waals surface area contributed by atoms with E-state index >= 15 is 0 Å². The summed E-state index contributed by atoms with van der Waals surface area (Å²) >= 11 is 0. The first-order chi connectivity index (χ1) is 9.47. The fourth-order valence-electron chi connectivity index (χ4n) is 1.47. The van der Waals surface area contributed by atoms with Crippen LogP contribution in [0.1, 0.15) is 26.2 Å². The van der Waals surface area contributed by atoms with E-state index in [-0.39, 0.29) is 25.4 Å². The highest BCUT2D eigenvalue weighted by molar-refractivity contribution is 5.90. The van der Waals surface area contributed by atoms with Crippen molar-refractivity contribution in [3.05, 3.63) is 24.3 Å². The molecule has 0 aromatic heterocycles. The van der Waals surface area contributed by atoms with Gasteiger partial charge in [-0.25, -0.2) is 0 Å². The first-order valence-electron chi connectivity index (χ1n) is 6.46. The minimum Gasteiger partial charge on any atom is -0.493 e. The summed E-state index contributed by atoms with van der Waals surface area (Å²) in [6.07, 6.45) is 0.383. The highest BCUT2D eigenvalue weighted by atomic mass is 16.5. The van der Waals surface area contributed by atoms with Gasteiger partial charge in [0.25, 0.3) is 0 Å². The molecule has 0 fully saturated rings. The number of carbonyl (C=O) groups excluding carboxylic acids is 2. The highest BCUT2D eigenvalue weighted by Gasteiger charge is 2.05. The standard InChI is InChI=1S/C14H20N2O4/c1-10(17)2-7-14(19)16-11-3-5-12(6-4-11)20-9-8-13(15)18/h3-6,10,17H,2,7-9H2,1H3,(H2,15,18)(H,16,19). The van der Waals surface area contributed by atoms with Crippen LogP contribution < -0.4 is 15.8 Å². The number of nitrogens with two attached hydrogens (primary N) is 1. The average Bonchev–Trinajstić information content (AvgIpc) is 2.38. The zero-order valence-corrected chi connectivity index (χ0v) is 11.5. The molecule has 0 saturated carbocycles. The zero-order chi connectivity index (χ0) is 15.0. The minimum absolute atomic E-state index is 0.145. The Labute approximate surface area is 117 Å². The van der Waals surface area contributed by atoms with Crippen molar-refractivity contribution in [2.45, 2.75) is 32.3 Å². The molecule has 0 aliphatic rings. The molecule has 1 rings (SSSR count). The smallest absolute Gasteiger partial charge is 0.224 e. The summed E-state index contributed by atoms with van der Waals surface area (Å²) < 4.78 is 5.31. The molecule has 110 valence electrons. The monoisotopic (exact) mass is 280 g/mol. The molecule has 0 saturated heterocycles. The van der Waals surface area contributed by atoms with Crippen molar-refractivity contribution >= 4 is 17.5 Å². The molecule has 4 N–H and O–H groups in total. The van der Waals surface area contributed by atoms with Gasteiger partial charge in [0.2, 0.25) is 11.8 Å².